The summed E-state index contributed by atoms with van der Waals surface area (Å²) in [6.45, 7) is 7.38. The van der Waals surface area contributed by atoms with Crippen LogP contribution in [-0.4, -0.2) is 130 Å². The molecular formula is C50H60Br2ClN7O16. The van der Waals surface area contributed by atoms with Crippen molar-refractivity contribution >= 4 is 103 Å². The first-order valence-corrected chi connectivity index (χ1v) is 26.1. The zero-order valence-electron chi connectivity index (χ0n) is 42.2. The molecule has 412 valence electrons. The van der Waals surface area contributed by atoms with Crippen molar-refractivity contribution in [1.29, 1.82) is 5.26 Å². The Balaban J connectivity index is 1.29. The minimum Gasteiger partial charge on any atom is -0.465 e. The molecular weight excluding hydrogens is 1150 g/mol. The highest BCUT2D eigenvalue weighted by molar-refractivity contribution is 9.14. The number of esters is 2. The average molecular weight is 1210 g/mol. The van der Waals surface area contributed by atoms with Crippen molar-refractivity contribution in [1.82, 2.24) is 20.9 Å². The number of nitrogens with one attached hydrogen (secondary N) is 4. The third kappa shape index (κ3) is 18.7. The first-order chi connectivity index (χ1) is 36.3. The van der Waals surface area contributed by atoms with Crippen LogP contribution in [0.5, 0.6) is 5.75 Å². The van der Waals surface area contributed by atoms with Crippen LogP contribution < -0.4 is 31.7 Å². The van der Waals surface area contributed by atoms with Gasteiger partial charge in [0.25, 0.3) is 11.8 Å². The number of ketones is 1. The van der Waals surface area contributed by atoms with Gasteiger partial charge in [-0.15, -0.1) is 0 Å². The van der Waals surface area contributed by atoms with E-state index in [9.17, 15) is 48.4 Å². The number of rotatable bonds is 31. The number of ether oxygens (including phenoxy) is 7. The second kappa shape index (κ2) is 31.6. The van der Waals surface area contributed by atoms with Gasteiger partial charge in [-0.2, -0.15) is 5.26 Å². The normalized spacial score (nSPS) is 15.2. The summed E-state index contributed by atoms with van der Waals surface area (Å²) in [5, 5.41) is 20.8. The predicted molar refractivity (Wildman–Crippen MR) is 278 cm³/mol. The summed E-state index contributed by atoms with van der Waals surface area (Å²) in [5.41, 5.74) is 5.87. The van der Waals surface area contributed by atoms with E-state index in [-0.39, 0.29) is 134 Å². The number of amides is 7. The second-order valence-corrected chi connectivity index (χ2v) is 19.1. The summed E-state index contributed by atoms with van der Waals surface area (Å²) in [5.74, 6) is -8.62. The van der Waals surface area contributed by atoms with Gasteiger partial charge in [0, 0.05) is 41.6 Å². The number of halogens is 3. The largest absolute Gasteiger partial charge is 0.465 e. The van der Waals surface area contributed by atoms with Gasteiger partial charge in [-0.05, 0) is 100 Å². The molecule has 2 aliphatic heterocycles. The Labute approximate surface area is 460 Å². The Morgan fingerprint density at radius 2 is 1.49 bits per heavy atom. The van der Waals surface area contributed by atoms with E-state index in [4.69, 9.17) is 50.5 Å². The van der Waals surface area contributed by atoms with Crippen LogP contribution in [0, 0.1) is 29.1 Å². The van der Waals surface area contributed by atoms with Gasteiger partial charge in [0.15, 0.2) is 11.7 Å². The van der Waals surface area contributed by atoms with Crippen LogP contribution in [0.2, 0.25) is 5.02 Å². The van der Waals surface area contributed by atoms with Crippen molar-refractivity contribution in [2.24, 2.45) is 23.5 Å². The van der Waals surface area contributed by atoms with Gasteiger partial charge >= 0.3 is 24.1 Å². The highest BCUT2D eigenvalue weighted by atomic mass is 79.9. The molecule has 4 rings (SSSR count). The SMILES string of the molecule is CCOC(=O)C1=C(NC(=O)OCc2ccc(NC(=O)[C@H](CCCNC(N)=O)CC(=O)[C@@H](NC(=O)CCOCCOCCOCCN3C(=O)C(Br)=C(Br)C3=O)C(C)C)cc2)Oc2ccc(Cl)cc2C1C(C#N)C(=O)OCC. The summed E-state index contributed by atoms with van der Waals surface area (Å²) in [6.07, 6.45) is -0.909. The van der Waals surface area contributed by atoms with Crippen molar-refractivity contribution in [3.05, 3.63) is 79.0 Å². The van der Waals surface area contributed by atoms with E-state index in [1.54, 1.807) is 52.0 Å². The van der Waals surface area contributed by atoms with E-state index in [1.807, 2.05) is 6.07 Å². The van der Waals surface area contributed by atoms with Gasteiger partial charge < -0.3 is 54.8 Å². The summed E-state index contributed by atoms with van der Waals surface area (Å²) in [6, 6.07) is 10.8. The molecule has 0 radical (unpaired) electrons. The lowest BCUT2D eigenvalue weighted by Crippen LogP contribution is -2.45. The van der Waals surface area contributed by atoms with E-state index < -0.39 is 77.4 Å². The molecule has 7 amide bonds. The molecule has 2 aliphatic rings. The number of nitrogens with two attached hydrogens (primary N) is 1. The third-order valence-electron chi connectivity index (χ3n) is 11.3. The standard InChI is InChI=1S/C50H60Br2ClN7O16/c1-5-73-47(66)34(26-54)38-33-25-31(53)11-14-36(33)76-44(39(38)48(67)74-6-2)59-50(69)75-27-29-9-12-32(13-10-29)57-43(63)30(8-7-16-56-49(55)68)24-35(61)42(28(3)4)58-37(62)15-18-70-20-22-72-23-21-71-19-17-60-45(64)40(51)41(52)46(60)65/h9-14,25,28,30,34,38,42H,5-8,15-24,27H2,1-4H3,(H,57,63)(H,58,62)(H,59,69)(H3,55,56,68)/t30-,34?,38?,42+/m1/s1. The van der Waals surface area contributed by atoms with Crippen LogP contribution in [0.15, 0.2) is 62.9 Å². The number of carbonyl (C=O) groups excluding carboxylic acids is 9. The number of carbonyl (C=O) groups is 9. The van der Waals surface area contributed by atoms with E-state index >= 15 is 0 Å². The molecule has 6 N–H and O–H groups in total. The topological polar surface area (TPSA) is 319 Å². The zero-order valence-corrected chi connectivity index (χ0v) is 46.1. The highest BCUT2D eigenvalue weighted by Crippen LogP contribution is 2.45. The van der Waals surface area contributed by atoms with Crippen LogP contribution in [0.25, 0.3) is 0 Å². The molecule has 2 aromatic rings. The molecule has 0 spiro atoms. The molecule has 4 atom stereocenters. The summed E-state index contributed by atoms with van der Waals surface area (Å²) in [7, 11) is 0. The smallest absolute Gasteiger partial charge is 0.414 e. The molecule has 2 heterocycles. The Kier molecular flexibility index (Phi) is 25.8. The first kappa shape index (κ1) is 62.1. The minimum absolute atomic E-state index is 0.0412. The number of primary amides is 1. The summed E-state index contributed by atoms with van der Waals surface area (Å²) >= 11 is 12.4. The number of hydrogen-bond donors (Lipinski definition) is 5. The van der Waals surface area contributed by atoms with E-state index in [0.717, 1.165) is 4.90 Å². The lowest BCUT2D eigenvalue weighted by Gasteiger charge is -2.31. The number of Topliss-reactive ketones (excluding diaryl/α,β-unsaturated/α-hetero) is 1. The zero-order chi connectivity index (χ0) is 55.9. The number of benzene rings is 2. The molecule has 0 saturated heterocycles. The minimum atomic E-state index is -1.57. The van der Waals surface area contributed by atoms with E-state index in [1.165, 1.54) is 18.2 Å². The monoisotopic (exact) mass is 1210 g/mol. The number of urea groups is 1. The molecule has 0 aromatic heterocycles. The van der Waals surface area contributed by atoms with Crippen LogP contribution in [-0.2, 0) is 68.6 Å². The molecule has 2 aromatic carbocycles. The fraction of sp³-hybridized carbons (Fsp3) is 0.480. The van der Waals surface area contributed by atoms with E-state index in [2.05, 4.69) is 53.1 Å². The van der Waals surface area contributed by atoms with Crippen LogP contribution >= 0.6 is 43.5 Å². The molecule has 26 heteroatoms. The highest BCUT2D eigenvalue weighted by Gasteiger charge is 2.45. The maximum atomic E-state index is 13.8. The number of fused-ring (bicyclic) bond motifs is 1. The van der Waals surface area contributed by atoms with Crippen LogP contribution in [0.1, 0.15) is 70.4 Å². The number of hydrogen-bond acceptors (Lipinski definition) is 17. The third-order valence-corrected chi connectivity index (χ3v) is 13.5. The fourth-order valence-electron chi connectivity index (χ4n) is 7.59. The molecule has 23 nitrogen and oxygen atoms in total. The van der Waals surface area contributed by atoms with Crippen molar-refractivity contribution < 1.29 is 76.3 Å². The molecule has 2 unspecified atom stereocenters. The maximum absolute atomic E-state index is 13.8. The van der Waals surface area contributed by atoms with Crippen molar-refractivity contribution in [2.75, 3.05) is 71.3 Å². The van der Waals surface area contributed by atoms with Gasteiger partial charge in [-0.1, -0.05) is 37.6 Å². The Hall–Kier alpha value is -6.43. The molecule has 0 fully saturated rings. The van der Waals surface area contributed by atoms with Crippen molar-refractivity contribution in [3.63, 3.8) is 0 Å². The Morgan fingerprint density at radius 3 is 2.09 bits per heavy atom. The summed E-state index contributed by atoms with van der Waals surface area (Å²) in [4.78, 5) is 117. The lowest BCUT2D eigenvalue weighted by atomic mass is 9.79. The van der Waals surface area contributed by atoms with Crippen LogP contribution in [0.3, 0.4) is 0 Å². The molecule has 0 saturated carbocycles. The molecule has 0 bridgehead atoms. The Morgan fingerprint density at radius 1 is 0.855 bits per heavy atom. The van der Waals surface area contributed by atoms with Gasteiger partial charge in [-0.3, -0.25) is 39.0 Å². The van der Waals surface area contributed by atoms with Crippen molar-refractivity contribution in [3.8, 4) is 11.8 Å². The number of nitrogens with zero attached hydrogens (tertiary/aromatic N) is 2. The quantitative estimate of drug-likeness (QED) is 0.0283. The van der Waals surface area contributed by atoms with Crippen LogP contribution in [0.4, 0.5) is 15.3 Å². The number of imide groups is 1. The summed E-state index contributed by atoms with van der Waals surface area (Å²) < 4.78 is 38.5. The lowest BCUT2D eigenvalue weighted by molar-refractivity contribution is -0.147. The predicted octanol–water partition coefficient (Wildman–Crippen LogP) is 5.13. The van der Waals surface area contributed by atoms with Gasteiger partial charge in [0.1, 0.15) is 26.9 Å². The Bertz CT molecular complexity index is 2530. The van der Waals surface area contributed by atoms with Gasteiger partial charge in [0.2, 0.25) is 17.7 Å². The van der Waals surface area contributed by atoms with E-state index in [0.29, 0.717) is 17.7 Å². The van der Waals surface area contributed by atoms with Crippen molar-refractivity contribution in [2.45, 2.75) is 71.9 Å². The number of nitriles is 1. The first-order valence-electron chi connectivity index (χ1n) is 24.1. The molecule has 76 heavy (non-hydrogen) atoms. The maximum Gasteiger partial charge on any atom is 0.414 e. The number of anilines is 1. The van der Waals surface area contributed by atoms with Gasteiger partial charge in [0.05, 0.1) is 77.4 Å². The van der Waals surface area contributed by atoms with Gasteiger partial charge in [-0.25, -0.2) is 14.4 Å². The molecule has 0 aliphatic carbocycles. The second-order valence-electron chi connectivity index (χ2n) is 17.0. The number of alkyl carbamates (subject to hydrolysis) is 1. The fourth-order valence-corrected chi connectivity index (χ4v) is 8.54. The average Bonchev–Trinajstić information content (AvgIpc) is 3.55.